The van der Waals surface area contributed by atoms with Gasteiger partial charge in [0.15, 0.2) is 0 Å². The van der Waals surface area contributed by atoms with Crippen molar-refractivity contribution in [2.45, 2.75) is 30.3 Å². The molecule has 122 valence electrons. The summed E-state index contributed by atoms with van der Waals surface area (Å²) in [5, 5.41) is 0. The molecule has 2 heteroatoms. The summed E-state index contributed by atoms with van der Waals surface area (Å²) in [4.78, 5) is 0. The number of rotatable bonds is 2. The van der Waals surface area contributed by atoms with E-state index in [9.17, 15) is 0 Å². The van der Waals surface area contributed by atoms with E-state index in [1.54, 1.807) is 22.3 Å². The summed E-state index contributed by atoms with van der Waals surface area (Å²) < 4.78 is 2.87. The maximum atomic E-state index is 2.87. The summed E-state index contributed by atoms with van der Waals surface area (Å²) in [5.74, 6) is 0. The first-order valence-corrected chi connectivity index (χ1v) is 10.6. The van der Waals surface area contributed by atoms with E-state index in [4.69, 9.17) is 0 Å². The second-order valence-corrected chi connectivity index (χ2v) is 9.73. The average molecular weight is 341 g/mol. The Labute approximate surface area is 150 Å². The summed E-state index contributed by atoms with van der Waals surface area (Å²) in [7, 11) is -0.105. The fourth-order valence-corrected chi connectivity index (χ4v) is 8.69. The third-order valence-corrected chi connectivity index (χ3v) is 9.27. The van der Waals surface area contributed by atoms with Gasteiger partial charge in [-0.05, 0) is 42.8 Å². The maximum absolute atomic E-state index is 2.87. The molecule has 1 saturated heterocycles. The standard InChI is InChI=1S/C23H20NP/c1-15(16-9-3-2-4-10-16)24-21-17-11-5-7-13-19(17)22-23(25(22)24)20-14-8-6-12-18(20)21/h2-15,21-23H,1H3. The van der Waals surface area contributed by atoms with Crippen LogP contribution >= 0.6 is 8.07 Å². The Kier molecular flexibility index (Phi) is 2.87. The van der Waals surface area contributed by atoms with Gasteiger partial charge in [0.25, 0.3) is 0 Å². The fraction of sp³-hybridized carbons (Fsp3) is 0.217. The normalized spacial score (nSPS) is 29.5. The molecular formula is C23H20NP. The van der Waals surface area contributed by atoms with Gasteiger partial charge in [-0.3, -0.25) is 4.67 Å². The SMILES string of the molecule is CC(c1ccccc1)N1C2c3ccccc3C3C(c4ccccc42)P31. The zero-order chi connectivity index (χ0) is 16.5. The average Bonchev–Trinajstić information content (AvgIpc) is 3.45. The van der Waals surface area contributed by atoms with Crippen molar-refractivity contribution >= 4 is 8.07 Å². The van der Waals surface area contributed by atoms with Gasteiger partial charge in [-0.25, -0.2) is 0 Å². The monoisotopic (exact) mass is 341 g/mol. The number of fused-ring (bicyclic) bond motifs is 8. The molecule has 25 heavy (non-hydrogen) atoms. The van der Waals surface area contributed by atoms with Crippen molar-refractivity contribution in [2.75, 3.05) is 0 Å². The summed E-state index contributed by atoms with van der Waals surface area (Å²) in [5.41, 5.74) is 9.24. The lowest BCUT2D eigenvalue weighted by Gasteiger charge is -2.43. The van der Waals surface area contributed by atoms with E-state index in [2.05, 4.69) is 90.5 Å². The molecule has 3 aliphatic rings. The Balaban J connectivity index is 1.57. The molecule has 0 aliphatic carbocycles. The van der Waals surface area contributed by atoms with Gasteiger partial charge in [0, 0.05) is 17.4 Å². The number of benzene rings is 3. The molecule has 0 saturated carbocycles. The van der Waals surface area contributed by atoms with E-state index in [-0.39, 0.29) is 8.07 Å². The molecule has 0 N–H and O–H groups in total. The van der Waals surface area contributed by atoms with Crippen LogP contribution in [0, 0.1) is 0 Å². The van der Waals surface area contributed by atoms with E-state index in [1.807, 2.05) is 0 Å². The fourth-order valence-electron chi connectivity index (χ4n) is 5.08. The third kappa shape index (κ3) is 1.81. The Morgan fingerprint density at radius 3 is 1.72 bits per heavy atom. The van der Waals surface area contributed by atoms with Crippen LogP contribution in [-0.2, 0) is 0 Å². The second kappa shape index (κ2) is 5.04. The van der Waals surface area contributed by atoms with Crippen molar-refractivity contribution in [3.05, 3.63) is 107 Å². The van der Waals surface area contributed by atoms with Gasteiger partial charge in [-0.1, -0.05) is 78.9 Å². The summed E-state index contributed by atoms with van der Waals surface area (Å²) in [6, 6.07) is 30.3. The maximum Gasteiger partial charge on any atom is 0.0650 e. The third-order valence-electron chi connectivity index (χ3n) is 6.21. The molecule has 0 radical (unpaired) electrons. The van der Waals surface area contributed by atoms with Crippen molar-refractivity contribution in [3.63, 3.8) is 0 Å². The molecule has 3 heterocycles. The van der Waals surface area contributed by atoms with Crippen LogP contribution in [0.4, 0.5) is 0 Å². The van der Waals surface area contributed by atoms with Crippen molar-refractivity contribution in [1.82, 2.24) is 4.67 Å². The first-order valence-electron chi connectivity index (χ1n) is 9.15. The highest BCUT2D eigenvalue weighted by molar-refractivity contribution is 7.64. The van der Waals surface area contributed by atoms with E-state index >= 15 is 0 Å². The first kappa shape index (κ1) is 14.2. The van der Waals surface area contributed by atoms with Crippen molar-refractivity contribution in [2.24, 2.45) is 0 Å². The Morgan fingerprint density at radius 1 is 0.680 bits per heavy atom. The van der Waals surface area contributed by atoms with Gasteiger partial charge in [0.1, 0.15) is 0 Å². The Morgan fingerprint density at radius 2 is 1.16 bits per heavy atom. The number of nitrogens with zero attached hydrogens (tertiary/aromatic N) is 1. The van der Waals surface area contributed by atoms with Crippen molar-refractivity contribution in [1.29, 1.82) is 0 Å². The van der Waals surface area contributed by atoms with Crippen LogP contribution in [0.25, 0.3) is 0 Å². The molecule has 3 aliphatic heterocycles. The zero-order valence-corrected chi connectivity index (χ0v) is 15.1. The summed E-state index contributed by atoms with van der Waals surface area (Å²) in [6.07, 6.45) is 0. The van der Waals surface area contributed by atoms with E-state index in [1.165, 1.54) is 5.56 Å². The molecule has 3 atom stereocenters. The van der Waals surface area contributed by atoms with Crippen LogP contribution in [0.1, 0.15) is 58.1 Å². The van der Waals surface area contributed by atoms with Gasteiger partial charge in [0.2, 0.25) is 0 Å². The summed E-state index contributed by atoms with van der Waals surface area (Å²) >= 11 is 0. The van der Waals surface area contributed by atoms with Crippen molar-refractivity contribution < 1.29 is 0 Å². The molecule has 3 aromatic carbocycles. The quantitative estimate of drug-likeness (QED) is 0.490. The van der Waals surface area contributed by atoms with Crippen LogP contribution in [0.15, 0.2) is 78.9 Å². The first-order chi connectivity index (χ1) is 12.4. The van der Waals surface area contributed by atoms with Gasteiger partial charge in [-0.15, -0.1) is 0 Å². The highest BCUT2D eigenvalue weighted by Crippen LogP contribution is 2.93. The Hall–Kier alpha value is -1.95. The number of hydrogen-bond donors (Lipinski definition) is 0. The minimum atomic E-state index is -0.105. The smallest absolute Gasteiger partial charge is 0.0650 e. The van der Waals surface area contributed by atoms with Gasteiger partial charge in [-0.2, -0.15) is 0 Å². The zero-order valence-electron chi connectivity index (χ0n) is 14.2. The minimum Gasteiger partial charge on any atom is -0.262 e. The molecule has 0 amide bonds. The molecule has 1 nitrogen and oxygen atoms in total. The van der Waals surface area contributed by atoms with Crippen LogP contribution < -0.4 is 0 Å². The molecule has 3 unspecified atom stereocenters. The molecular weight excluding hydrogens is 321 g/mol. The van der Waals surface area contributed by atoms with E-state index in [0.29, 0.717) is 12.1 Å². The second-order valence-electron chi connectivity index (χ2n) is 7.40. The van der Waals surface area contributed by atoms with Crippen molar-refractivity contribution in [3.8, 4) is 0 Å². The lowest BCUT2D eigenvalue weighted by atomic mass is 9.93. The van der Waals surface area contributed by atoms with Crippen LogP contribution in [0.3, 0.4) is 0 Å². The molecule has 6 rings (SSSR count). The molecule has 0 aromatic heterocycles. The van der Waals surface area contributed by atoms with Crippen LogP contribution in [0.2, 0.25) is 0 Å². The minimum absolute atomic E-state index is 0.105. The molecule has 0 spiro atoms. The molecule has 2 bridgehead atoms. The highest BCUT2D eigenvalue weighted by Gasteiger charge is 2.65. The number of hydrogen-bond acceptors (Lipinski definition) is 1. The highest BCUT2D eigenvalue weighted by atomic mass is 31.1. The van der Waals surface area contributed by atoms with E-state index < -0.39 is 0 Å². The predicted molar refractivity (Wildman–Crippen MR) is 104 cm³/mol. The molecule has 3 aromatic rings. The van der Waals surface area contributed by atoms with Crippen LogP contribution in [-0.4, -0.2) is 4.67 Å². The summed E-state index contributed by atoms with van der Waals surface area (Å²) in [6.45, 7) is 2.40. The van der Waals surface area contributed by atoms with Gasteiger partial charge >= 0.3 is 0 Å². The van der Waals surface area contributed by atoms with Gasteiger partial charge in [0.05, 0.1) is 6.04 Å². The Bertz CT molecular complexity index is 913. The lowest BCUT2D eigenvalue weighted by molar-refractivity contribution is 0.312. The largest absolute Gasteiger partial charge is 0.262 e. The lowest BCUT2D eigenvalue weighted by Crippen LogP contribution is -2.30. The molecule has 1 fully saturated rings. The predicted octanol–water partition coefficient (Wildman–Crippen LogP) is 6.36. The van der Waals surface area contributed by atoms with E-state index in [0.717, 1.165) is 11.3 Å². The van der Waals surface area contributed by atoms with Crippen LogP contribution in [0.5, 0.6) is 0 Å². The topological polar surface area (TPSA) is 3.24 Å². The van der Waals surface area contributed by atoms with Gasteiger partial charge < -0.3 is 0 Å².